The lowest BCUT2D eigenvalue weighted by Gasteiger charge is -2.16. The second-order valence-corrected chi connectivity index (χ2v) is 6.25. The normalized spacial score (nSPS) is 12.7. The molecule has 0 aliphatic carbocycles. The second-order valence-electron chi connectivity index (χ2n) is 6.25. The van der Waals surface area contributed by atoms with Gasteiger partial charge in [-0.2, -0.15) is 0 Å². The van der Waals surface area contributed by atoms with Crippen LogP contribution < -0.4 is 10.6 Å². The van der Waals surface area contributed by atoms with Crippen molar-refractivity contribution >= 4 is 29.9 Å². The first kappa shape index (κ1) is 22.3. The molecule has 0 saturated carbocycles. The van der Waals surface area contributed by atoms with Crippen LogP contribution >= 0.6 is 24.0 Å². The van der Waals surface area contributed by atoms with Gasteiger partial charge in [0.1, 0.15) is 11.6 Å². The first-order chi connectivity index (χ1) is 11.9. The Morgan fingerprint density at radius 2 is 1.92 bits per heavy atom. The van der Waals surface area contributed by atoms with Gasteiger partial charge in [0.15, 0.2) is 11.7 Å². The van der Waals surface area contributed by atoms with Gasteiger partial charge in [-0.25, -0.2) is 8.78 Å². The number of aromatic nitrogens is 1. The van der Waals surface area contributed by atoms with E-state index in [4.69, 9.17) is 4.52 Å². The number of hydrogen-bond donors (Lipinski definition) is 2. The second kappa shape index (κ2) is 10.4. The van der Waals surface area contributed by atoms with Crippen LogP contribution in [-0.4, -0.2) is 24.7 Å². The van der Waals surface area contributed by atoms with Crippen LogP contribution in [0.15, 0.2) is 33.8 Å². The number of guanidine groups is 1. The molecule has 1 heterocycles. The van der Waals surface area contributed by atoms with Crippen molar-refractivity contribution in [2.24, 2.45) is 4.99 Å². The van der Waals surface area contributed by atoms with E-state index in [0.717, 1.165) is 11.8 Å². The first-order valence-electron chi connectivity index (χ1n) is 8.25. The fourth-order valence-electron chi connectivity index (χ4n) is 2.34. The Morgan fingerprint density at radius 3 is 2.50 bits per heavy atom. The van der Waals surface area contributed by atoms with Crippen LogP contribution in [0.4, 0.5) is 8.78 Å². The summed E-state index contributed by atoms with van der Waals surface area (Å²) in [5.41, 5.74) is 1.36. The highest BCUT2D eigenvalue weighted by atomic mass is 127. The molecule has 0 fully saturated rings. The predicted molar refractivity (Wildman–Crippen MR) is 109 cm³/mol. The Morgan fingerprint density at radius 1 is 1.19 bits per heavy atom. The van der Waals surface area contributed by atoms with Crippen molar-refractivity contribution in [2.45, 2.75) is 39.2 Å². The molecule has 1 unspecified atom stereocenters. The molecular formula is C18H25F2IN4O. The lowest BCUT2D eigenvalue weighted by molar-refractivity contribution is 0.372. The third-order valence-electron chi connectivity index (χ3n) is 3.89. The molecule has 5 nitrogen and oxygen atoms in total. The Bertz CT molecular complexity index is 734. The molecule has 0 saturated heterocycles. The molecule has 0 aliphatic rings. The lowest BCUT2D eigenvalue weighted by atomic mass is 10.0. The van der Waals surface area contributed by atoms with E-state index < -0.39 is 11.6 Å². The molecule has 1 aromatic carbocycles. The summed E-state index contributed by atoms with van der Waals surface area (Å²) in [6.07, 6.45) is 0. The van der Waals surface area contributed by atoms with Gasteiger partial charge in [0.05, 0.1) is 12.2 Å². The largest absolute Gasteiger partial charge is 0.359 e. The van der Waals surface area contributed by atoms with E-state index in [1.165, 1.54) is 12.1 Å². The van der Waals surface area contributed by atoms with Gasteiger partial charge in [0, 0.05) is 31.6 Å². The monoisotopic (exact) mass is 478 g/mol. The highest BCUT2D eigenvalue weighted by Gasteiger charge is 2.13. The molecule has 1 aromatic heterocycles. The van der Waals surface area contributed by atoms with Crippen LogP contribution in [0.2, 0.25) is 0 Å². The van der Waals surface area contributed by atoms with Crippen LogP contribution in [0.5, 0.6) is 0 Å². The van der Waals surface area contributed by atoms with Gasteiger partial charge in [0.25, 0.3) is 0 Å². The molecule has 1 atom stereocenters. The van der Waals surface area contributed by atoms with Crippen LogP contribution in [0.25, 0.3) is 0 Å². The summed E-state index contributed by atoms with van der Waals surface area (Å²) in [4.78, 5) is 4.13. The number of rotatable bonds is 6. The molecule has 26 heavy (non-hydrogen) atoms. The van der Waals surface area contributed by atoms with Crippen molar-refractivity contribution in [1.29, 1.82) is 0 Å². The number of hydrogen-bond acceptors (Lipinski definition) is 3. The highest BCUT2D eigenvalue weighted by Crippen LogP contribution is 2.19. The quantitative estimate of drug-likeness (QED) is 0.372. The Hall–Kier alpha value is -1.71. The number of aliphatic imine (C=N–C) groups is 1. The zero-order chi connectivity index (χ0) is 18.4. The average molecular weight is 478 g/mol. The molecular weight excluding hydrogens is 453 g/mol. The number of nitrogens with zero attached hydrogens (tertiary/aromatic N) is 2. The lowest BCUT2D eigenvalue weighted by Crippen LogP contribution is -2.38. The summed E-state index contributed by atoms with van der Waals surface area (Å²) in [5, 5.41) is 10.2. The van der Waals surface area contributed by atoms with Crippen molar-refractivity contribution in [2.75, 3.05) is 13.6 Å². The summed E-state index contributed by atoms with van der Waals surface area (Å²) in [6, 6.07) is 5.53. The van der Waals surface area contributed by atoms with E-state index in [0.29, 0.717) is 36.3 Å². The average Bonchev–Trinajstić information content (AvgIpc) is 3.04. The predicted octanol–water partition coefficient (Wildman–Crippen LogP) is 4.16. The van der Waals surface area contributed by atoms with Crippen LogP contribution in [0, 0.1) is 11.6 Å². The third-order valence-corrected chi connectivity index (χ3v) is 3.89. The third kappa shape index (κ3) is 6.22. The molecule has 2 rings (SSSR count). The Labute approximate surface area is 169 Å². The fourth-order valence-corrected chi connectivity index (χ4v) is 2.34. The van der Waals surface area contributed by atoms with E-state index in [-0.39, 0.29) is 29.9 Å². The van der Waals surface area contributed by atoms with Gasteiger partial charge in [-0.05, 0) is 17.5 Å². The molecule has 8 heteroatoms. The number of benzene rings is 1. The first-order valence-corrected chi connectivity index (χ1v) is 8.25. The summed E-state index contributed by atoms with van der Waals surface area (Å²) >= 11 is 0. The molecule has 0 aliphatic heterocycles. The molecule has 2 aromatic rings. The van der Waals surface area contributed by atoms with Crippen LogP contribution in [-0.2, 0) is 6.54 Å². The summed E-state index contributed by atoms with van der Waals surface area (Å²) in [7, 11) is 1.65. The van der Waals surface area contributed by atoms with Crippen LogP contribution in [0.1, 0.15) is 49.6 Å². The molecule has 0 bridgehead atoms. The van der Waals surface area contributed by atoms with Crippen molar-refractivity contribution in [1.82, 2.24) is 15.8 Å². The maximum Gasteiger partial charge on any atom is 0.191 e. The van der Waals surface area contributed by atoms with Gasteiger partial charge in [-0.15, -0.1) is 24.0 Å². The molecule has 144 valence electrons. The number of nitrogens with one attached hydrogen (secondary N) is 2. The van der Waals surface area contributed by atoms with Gasteiger partial charge >= 0.3 is 0 Å². The van der Waals surface area contributed by atoms with E-state index in [2.05, 4.69) is 20.8 Å². The minimum absolute atomic E-state index is 0. The molecule has 2 N–H and O–H groups in total. The smallest absolute Gasteiger partial charge is 0.191 e. The zero-order valence-electron chi connectivity index (χ0n) is 15.3. The minimum atomic E-state index is -0.577. The summed E-state index contributed by atoms with van der Waals surface area (Å²) in [5.74, 6) is 0.325. The minimum Gasteiger partial charge on any atom is -0.359 e. The molecule has 0 amide bonds. The summed E-state index contributed by atoms with van der Waals surface area (Å²) in [6.45, 7) is 6.85. The van der Waals surface area contributed by atoms with E-state index in [1.54, 1.807) is 7.05 Å². The number of halogens is 3. The Kier molecular flexibility index (Phi) is 8.97. The van der Waals surface area contributed by atoms with E-state index in [9.17, 15) is 8.78 Å². The maximum absolute atomic E-state index is 13.8. The van der Waals surface area contributed by atoms with E-state index >= 15 is 0 Å². The van der Waals surface area contributed by atoms with Crippen molar-refractivity contribution in [3.63, 3.8) is 0 Å². The van der Waals surface area contributed by atoms with Crippen molar-refractivity contribution in [3.8, 4) is 0 Å². The van der Waals surface area contributed by atoms with Crippen LogP contribution in [0.3, 0.4) is 0 Å². The maximum atomic E-state index is 13.8. The van der Waals surface area contributed by atoms with E-state index in [1.807, 2.05) is 26.8 Å². The highest BCUT2D eigenvalue weighted by molar-refractivity contribution is 14.0. The topological polar surface area (TPSA) is 62.5 Å². The fraction of sp³-hybridized carbons (Fsp3) is 0.444. The standard InChI is InChI=1S/C18H24F2N4O.HI/c1-11(2)17-8-14(25-24-17)10-23-18(21-4)22-9-12(3)15-6-5-13(19)7-16(15)20;/h5-8,11-12H,9-10H2,1-4H3,(H2,21,22,23);1H. The Balaban J connectivity index is 0.00000338. The van der Waals surface area contributed by atoms with Gasteiger partial charge in [-0.3, -0.25) is 4.99 Å². The van der Waals surface area contributed by atoms with Crippen molar-refractivity contribution < 1.29 is 13.3 Å². The van der Waals surface area contributed by atoms with Gasteiger partial charge < -0.3 is 15.2 Å². The van der Waals surface area contributed by atoms with Gasteiger partial charge in [-0.1, -0.05) is 32.0 Å². The molecule has 0 spiro atoms. The summed E-state index contributed by atoms with van der Waals surface area (Å²) < 4.78 is 32.1. The van der Waals surface area contributed by atoms with Crippen molar-refractivity contribution in [3.05, 3.63) is 52.9 Å². The zero-order valence-corrected chi connectivity index (χ0v) is 17.7. The van der Waals surface area contributed by atoms with Gasteiger partial charge in [0.2, 0.25) is 0 Å². The molecule has 0 radical (unpaired) electrons. The SMILES string of the molecule is CN=C(NCc1cc(C(C)C)no1)NCC(C)c1ccc(F)cc1F.I.